The summed E-state index contributed by atoms with van der Waals surface area (Å²) in [7, 11) is 0. The number of ether oxygens (including phenoxy) is 1. The summed E-state index contributed by atoms with van der Waals surface area (Å²) in [5.74, 6) is -1.31. The topological polar surface area (TPSA) is 50.2 Å². The van der Waals surface area contributed by atoms with Crippen LogP contribution in [0.5, 0.6) is 5.75 Å². The van der Waals surface area contributed by atoms with Gasteiger partial charge in [-0.3, -0.25) is 4.79 Å². The van der Waals surface area contributed by atoms with E-state index >= 15 is 0 Å². The van der Waals surface area contributed by atoms with E-state index in [4.69, 9.17) is 5.41 Å². The van der Waals surface area contributed by atoms with Crippen LogP contribution in [0.3, 0.4) is 0 Å². The summed E-state index contributed by atoms with van der Waals surface area (Å²) in [4.78, 5) is 11.0. The van der Waals surface area contributed by atoms with Gasteiger partial charge in [0.25, 0.3) is 0 Å². The molecule has 0 radical (unpaired) electrons. The number of rotatable bonds is 5. The number of hydrogen-bond acceptors (Lipinski definition) is 3. The highest BCUT2D eigenvalue weighted by Gasteiger charge is 2.43. The summed E-state index contributed by atoms with van der Waals surface area (Å²) in [5, 5.41) is 6.68. The van der Waals surface area contributed by atoms with Gasteiger partial charge < -0.3 is 10.1 Å². The summed E-state index contributed by atoms with van der Waals surface area (Å²) in [6.07, 6.45) is -8.11. The van der Waals surface area contributed by atoms with Gasteiger partial charge >= 0.3 is 12.5 Å². The molecule has 0 saturated carbocycles. The van der Waals surface area contributed by atoms with Crippen LogP contribution in [0, 0.1) is 5.41 Å². The minimum absolute atomic E-state index is 0.0948. The molecule has 0 aliphatic heterocycles. The Kier molecular flexibility index (Phi) is 3.82. The summed E-state index contributed by atoms with van der Waals surface area (Å²) in [6, 6.07) is 4.31. The number of carbonyl (C=O) groups excluding carboxylic acids is 1. The molecule has 0 atom stereocenters. The lowest BCUT2D eigenvalue weighted by molar-refractivity contribution is -0.253. The second kappa shape index (κ2) is 4.94. The molecule has 0 spiro atoms. The fourth-order valence-corrected chi connectivity index (χ4v) is 0.998. The van der Waals surface area contributed by atoms with Crippen molar-refractivity contribution in [3.8, 4) is 5.75 Å². The van der Waals surface area contributed by atoms with Crippen molar-refractivity contribution in [2.75, 3.05) is 0 Å². The lowest BCUT2D eigenvalue weighted by Gasteiger charge is -2.16. The Morgan fingerprint density at radius 2 is 2.06 bits per heavy atom. The summed E-state index contributed by atoms with van der Waals surface area (Å²) in [6.45, 7) is 0. The lowest BCUT2D eigenvalue weighted by atomic mass is 10.1. The first-order chi connectivity index (χ1) is 7.86. The van der Waals surface area contributed by atoms with Crippen molar-refractivity contribution in [1.82, 2.24) is 0 Å². The maximum Gasteiger partial charge on any atom is 0.461 e. The molecule has 1 rings (SSSR count). The first kappa shape index (κ1) is 13.1. The molecule has 0 bridgehead atoms. The van der Waals surface area contributed by atoms with Crippen LogP contribution in [0.15, 0.2) is 24.3 Å². The first-order valence-electron chi connectivity index (χ1n) is 4.36. The fourth-order valence-electron chi connectivity index (χ4n) is 0.998. The highest BCUT2D eigenvalue weighted by Crippen LogP contribution is 2.27. The molecule has 7 heteroatoms. The molecule has 17 heavy (non-hydrogen) atoms. The Hall–Kier alpha value is -1.92. The van der Waals surface area contributed by atoms with Crippen LogP contribution in [0.4, 0.5) is 17.6 Å². The predicted molar refractivity (Wildman–Crippen MR) is 51.1 cm³/mol. The van der Waals surface area contributed by atoms with Crippen molar-refractivity contribution < 1.29 is 27.1 Å². The Morgan fingerprint density at radius 3 is 2.59 bits per heavy atom. The van der Waals surface area contributed by atoms with Crippen LogP contribution in [-0.2, 0) is 0 Å². The second-order valence-corrected chi connectivity index (χ2v) is 3.00. The molecule has 1 aromatic rings. The number of halogens is 4. The van der Waals surface area contributed by atoms with Crippen LogP contribution >= 0.6 is 0 Å². The smallest absolute Gasteiger partial charge is 0.428 e. The average molecular weight is 249 g/mol. The van der Waals surface area contributed by atoms with Crippen molar-refractivity contribution in [2.24, 2.45) is 0 Å². The predicted octanol–water partition coefficient (Wildman–Crippen LogP) is 2.76. The molecular formula is C10H7F4NO2. The number of alkyl halides is 4. The zero-order chi connectivity index (χ0) is 13.1. The Morgan fingerprint density at radius 1 is 1.41 bits per heavy atom. The van der Waals surface area contributed by atoms with E-state index in [0.29, 0.717) is 6.21 Å². The lowest BCUT2D eigenvalue weighted by Crippen LogP contribution is -2.33. The van der Waals surface area contributed by atoms with Crippen molar-refractivity contribution in [1.29, 1.82) is 5.41 Å². The van der Waals surface area contributed by atoms with Crippen LogP contribution < -0.4 is 4.74 Å². The molecule has 1 N–H and O–H groups in total. The van der Waals surface area contributed by atoms with Gasteiger partial charge in [-0.25, -0.2) is 0 Å². The number of ketones is 1. The number of Topliss-reactive ketones (excluding diaryl/α,β-unsaturated/α-hetero) is 1. The zero-order valence-electron chi connectivity index (χ0n) is 8.29. The molecule has 0 aliphatic rings. The molecule has 0 amide bonds. The Labute approximate surface area is 93.5 Å². The molecule has 3 nitrogen and oxygen atoms in total. The molecule has 0 heterocycles. The minimum Gasteiger partial charge on any atom is -0.428 e. The highest BCUT2D eigenvalue weighted by molar-refractivity contribution is 6.34. The van der Waals surface area contributed by atoms with E-state index in [0.717, 1.165) is 12.1 Å². The van der Waals surface area contributed by atoms with Crippen molar-refractivity contribution in [2.45, 2.75) is 12.5 Å². The van der Waals surface area contributed by atoms with Gasteiger partial charge in [-0.1, -0.05) is 12.1 Å². The third kappa shape index (κ3) is 3.27. The van der Waals surface area contributed by atoms with Crippen LogP contribution in [0.1, 0.15) is 10.4 Å². The van der Waals surface area contributed by atoms with E-state index in [9.17, 15) is 22.4 Å². The van der Waals surface area contributed by atoms with Gasteiger partial charge in [0.05, 0.1) is 6.21 Å². The normalized spacial score (nSPS) is 11.4. The second-order valence-electron chi connectivity index (χ2n) is 3.00. The monoisotopic (exact) mass is 249 g/mol. The van der Waals surface area contributed by atoms with Crippen molar-refractivity contribution in [3.05, 3.63) is 29.8 Å². The molecule has 0 aromatic heterocycles. The maximum atomic E-state index is 12.5. The van der Waals surface area contributed by atoms with Gasteiger partial charge in [-0.15, -0.1) is 0 Å². The Bertz CT molecular complexity index is 434. The van der Waals surface area contributed by atoms with Crippen LogP contribution in [0.25, 0.3) is 0 Å². The van der Waals surface area contributed by atoms with Crippen LogP contribution in [-0.4, -0.2) is 24.5 Å². The molecule has 0 aliphatic carbocycles. The Balaban J connectivity index is 2.93. The summed E-state index contributed by atoms with van der Waals surface area (Å²) < 4.78 is 52.6. The van der Waals surface area contributed by atoms with Gasteiger partial charge in [0, 0.05) is 5.56 Å². The van der Waals surface area contributed by atoms with E-state index in [1.54, 1.807) is 0 Å². The largest absolute Gasteiger partial charge is 0.461 e. The first-order valence-corrected chi connectivity index (χ1v) is 4.36. The van der Waals surface area contributed by atoms with Crippen LogP contribution in [0.2, 0.25) is 0 Å². The van der Waals surface area contributed by atoms with Gasteiger partial charge in [0.1, 0.15) is 5.75 Å². The standard InChI is InChI=1S/C10H7F4NO2/c11-9(12)10(13,14)17-7-3-1-2-6(4-7)8(16)5-15/h1-5,9,15H. The van der Waals surface area contributed by atoms with Crippen molar-refractivity contribution in [3.63, 3.8) is 0 Å². The minimum atomic E-state index is -4.62. The molecule has 0 unspecified atom stereocenters. The maximum absolute atomic E-state index is 12.5. The van der Waals surface area contributed by atoms with Gasteiger partial charge in [-0.05, 0) is 12.1 Å². The summed E-state index contributed by atoms with van der Waals surface area (Å²) >= 11 is 0. The molecule has 0 saturated heterocycles. The third-order valence-corrected chi connectivity index (χ3v) is 1.76. The number of hydrogen-bond donors (Lipinski definition) is 1. The van der Waals surface area contributed by atoms with Gasteiger partial charge in [-0.2, -0.15) is 17.6 Å². The summed E-state index contributed by atoms with van der Waals surface area (Å²) in [5.41, 5.74) is -0.0948. The molecule has 0 fully saturated rings. The van der Waals surface area contributed by atoms with E-state index < -0.39 is 24.1 Å². The fraction of sp³-hybridized carbons (Fsp3) is 0.200. The number of benzene rings is 1. The van der Waals surface area contributed by atoms with Gasteiger partial charge in [0.15, 0.2) is 0 Å². The SMILES string of the molecule is N=CC(=O)c1cccc(OC(F)(F)C(F)F)c1. The molecular weight excluding hydrogens is 242 g/mol. The third-order valence-electron chi connectivity index (χ3n) is 1.76. The van der Waals surface area contributed by atoms with Gasteiger partial charge in [0.2, 0.25) is 5.78 Å². The quantitative estimate of drug-likeness (QED) is 0.495. The van der Waals surface area contributed by atoms with E-state index in [1.807, 2.05) is 0 Å². The zero-order valence-corrected chi connectivity index (χ0v) is 8.29. The van der Waals surface area contributed by atoms with E-state index in [2.05, 4.69) is 4.74 Å². The number of nitrogens with one attached hydrogen (secondary N) is 1. The van der Waals surface area contributed by atoms with E-state index in [1.165, 1.54) is 12.1 Å². The highest BCUT2D eigenvalue weighted by atomic mass is 19.3. The average Bonchev–Trinajstić information content (AvgIpc) is 2.27. The van der Waals surface area contributed by atoms with E-state index in [-0.39, 0.29) is 5.56 Å². The molecule has 92 valence electrons. The van der Waals surface area contributed by atoms with Crippen molar-refractivity contribution >= 4 is 12.0 Å². The molecule has 1 aromatic carbocycles. The number of carbonyl (C=O) groups is 1.